The van der Waals surface area contributed by atoms with Gasteiger partial charge in [-0.25, -0.2) is 4.98 Å². The van der Waals surface area contributed by atoms with Gasteiger partial charge in [-0.1, -0.05) is 39.3 Å². The minimum absolute atomic E-state index is 0.0518. The van der Waals surface area contributed by atoms with E-state index in [1.165, 1.54) is 0 Å². The molecule has 0 fully saturated rings. The first kappa shape index (κ1) is 14.5. The van der Waals surface area contributed by atoms with Gasteiger partial charge in [-0.15, -0.1) is 0 Å². The van der Waals surface area contributed by atoms with Crippen LogP contribution in [0.5, 0.6) is 0 Å². The molecule has 0 bridgehead atoms. The summed E-state index contributed by atoms with van der Waals surface area (Å²) in [6.07, 6.45) is 1.69. The van der Waals surface area contributed by atoms with Gasteiger partial charge in [0.15, 0.2) is 5.15 Å². The first-order valence-electron chi connectivity index (χ1n) is 5.92. The summed E-state index contributed by atoms with van der Waals surface area (Å²) in [6.45, 7) is 7.94. The monoisotopic (exact) mass is 276 g/mol. The van der Waals surface area contributed by atoms with E-state index in [-0.39, 0.29) is 22.1 Å². The fourth-order valence-electron chi connectivity index (χ4n) is 1.61. The van der Waals surface area contributed by atoms with Gasteiger partial charge in [0.25, 0.3) is 0 Å². The number of hydrogen-bond donors (Lipinski definition) is 0. The Hall–Kier alpha value is -0.540. The fraction of sp³-hybridized carbons (Fsp3) is 0.667. The van der Waals surface area contributed by atoms with Crippen molar-refractivity contribution in [1.82, 2.24) is 4.98 Å². The SMILES string of the molecule is CC[C@H](C)c1nc(Cl)c([C@@H](C)CC)[n+]([O-])c1Cl. The van der Waals surface area contributed by atoms with Gasteiger partial charge in [-0.3, -0.25) is 0 Å². The molecule has 1 heterocycles. The molecule has 5 heteroatoms. The highest BCUT2D eigenvalue weighted by Crippen LogP contribution is 2.28. The quantitative estimate of drug-likeness (QED) is 0.615. The molecule has 0 unspecified atom stereocenters. The molecule has 2 atom stereocenters. The Morgan fingerprint density at radius 2 is 1.71 bits per heavy atom. The Balaban J connectivity index is 3.36. The van der Waals surface area contributed by atoms with Crippen LogP contribution in [0.4, 0.5) is 0 Å². The second-order valence-electron chi connectivity index (χ2n) is 4.38. The second-order valence-corrected chi connectivity index (χ2v) is 5.09. The maximum atomic E-state index is 12.1. The van der Waals surface area contributed by atoms with Crippen molar-refractivity contribution in [1.29, 1.82) is 0 Å². The zero-order valence-electron chi connectivity index (χ0n) is 10.6. The van der Waals surface area contributed by atoms with Crippen molar-refractivity contribution in [2.45, 2.75) is 52.4 Å². The molecule has 0 aliphatic heterocycles. The van der Waals surface area contributed by atoms with Gasteiger partial charge in [-0.05, 0) is 24.4 Å². The molecule has 0 saturated heterocycles. The molecule has 0 aliphatic carbocycles. The van der Waals surface area contributed by atoms with Crippen molar-refractivity contribution in [3.8, 4) is 0 Å². The zero-order chi connectivity index (χ0) is 13.2. The maximum Gasteiger partial charge on any atom is 0.308 e. The van der Waals surface area contributed by atoms with Crippen LogP contribution in [-0.4, -0.2) is 4.98 Å². The van der Waals surface area contributed by atoms with Crippen LogP contribution in [-0.2, 0) is 0 Å². The Bertz CT molecular complexity index is 410. The molecule has 0 aromatic carbocycles. The third-order valence-electron chi connectivity index (χ3n) is 3.20. The van der Waals surface area contributed by atoms with Crippen molar-refractivity contribution in [3.05, 3.63) is 26.9 Å². The van der Waals surface area contributed by atoms with E-state index in [2.05, 4.69) is 4.98 Å². The summed E-state index contributed by atoms with van der Waals surface area (Å²) >= 11 is 12.2. The Labute approximate surface area is 112 Å². The summed E-state index contributed by atoms with van der Waals surface area (Å²) < 4.78 is 0.729. The number of hydrogen-bond acceptors (Lipinski definition) is 2. The average molecular weight is 277 g/mol. The van der Waals surface area contributed by atoms with Gasteiger partial charge in [0, 0.05) is 11.8 Å². The lowest BCUT2D eigenvalue weighted by Gasteiger charge is -2.16. The van der Waals surface area contributed by atoms with Crippen LogP contribution in [0.15, 0.2) is 0 Å². The molecule has 0 amide bonds. The van der Waals surface area contributed by atoms with Gasteiger partial charge in [0.1, 0.15) is 5.69 Å². The van der Waals surface area contributed by atoms with Crippen LogP contribution in [0.3, 0.4) is 0 Å². The third-order valence-corrected chi connectivity index (χ3v) is 3.82. The molecule has 1 rings (SSSR count). The van der Waals surface area contributed by atoms with Crippen LogP contribution in [0.25, 0.3) is 0 Å². The van der Waals surface area contributed by atoms with E-state index in [1.54, 1.807) is 0 Å². The summed E-state index contributed by atoms with van der Waals surface area (Å²) in [4.78, 5) is 4.29. The summed E-state index contributed by atoms with van der Waals surface area (Å²) in [7, 11) is 0. The Kier molecular flexibility index (Phi) is 5.02. The van der Waals surface area contributed by atoms with Gasteiger partial charge < -0.3 is 5.21 Å². The molecular formula is C12H18Cl2N2O. The molecule has 17 heavy (non-hydrogen) atoms. The summed E-state index contributed by atoms with van der Waals surface area (Å²) in [5.74, 6) is 0.183. The van der Waals surface area contributed by atoms with E-state index in [1.807, 2.05) is 27.7 Å². The molecular weight excluding hydrogens is 259 g/mol. The maximum absolute atomic E-state index is 12.1. The van der Waals surface area contributed by atoms with Gasteiger partial charge in [0.2, 0.25) is 5.69 Å². The summed E-state index contributed by atoms with van der Waals surface area (Å²) in [5, 5.41) is 12.5. The lowest BCUT2D eigenvalue weighted by Crippen LogP contribution is -2.37. The molecule has 3 nitrogen and oxygen atoms in total. The first-order chi connectivity index (χ1) is 7.93. The van der Waals surface area contributed by atoms with Crippen LogP contribution >= 0.6 is 23.2 Å². The molecule has 0 radical (unpaired) electrons. The normalized spacial score (nSPS) is 14.7. The molecule has 0 aliphatic rings. The largest absolute Gasteiger partial charge is 0.617 e. The topological polar surface area (TPSA) is 39.8 Å². The van der Waals surface area contributed by atoms with Crippen molar-refractivity contribution in [2.24, 2.45) is 0 Å². The van der Waals surface area contributed by atoms with Gasteiger partial charge in [-0.2, -0.15) is 4.73 Å². The first-order valence-corrected chi connectivity index (χ1v) is 6.67. The number of halogens is 2. The van der Waals surface area contributed by atoms with Crippen molar-refractivity contribution < 1.29 is 4.73 Å². The lowest BCUT2D eigenvalue weighted by molar-refractivity contribution is -0.614. The number of nitrogens with zero attached hydrogens (tertiary/aromatic N) is 2. The van der Waals surface area contributed by atoms with Gasteiger partial charge >= 0.3 is 5.15 Å². The fourth-order valence-corrected chi connectivity index (χ4v) is 2.28. The van der Waals surface area contributed by atoms with Crippen molar-refractivity contribution in [2.75, 3.05) is 0 Å². The van der Waals surface area contributed by atoms with E-state index in [0.717, 1.165) is 17.6 Å². The minimum Gasteiger partial charge on any atom is -0.617 e. The van der Waals surface area contributed by atoms with Gasteiger partial charge in [0.05, 0.1) is 0 Å². The zero-order valence-corrected chi connectivity index (χ0v) is 12.1. The molecule has 96 valence electrons. The van der Waals surface area contributed by atoms with Crippen molar-refractivity contribution in [3.63, 3.8) is 0 Å². The molecule has 0 saturated carbocycles. The van der Waals surface area contributed by atoms with Crippen LogP contribution < -0.4 is 4.73 Å². The molecule has 1 aromatic rings. The minimum atomic E-state index is 0.0518. The number of rotatable bonds is 4. The van der Waals surface area contributed by atoms with Crippen molar-refractivity contribution >= 4 is 23.2 Å². The Morgan fingerprint density at radius 3 is 2.18 bits per heavy atom. The summed E-state index contributed by atoms with van der Waals surface area (Å²) in [5.41, 5.74) is 1.05. The highest BCUT2D eigenvalue weighted by atomic mass is 35.5. The van der Waals surface area contributed by atoms with E-state index in [9.17, 15) is 5.21 Å². The summed E-state index contributed by atoms with van der Waals surface area (Å²) in [6, 6.07) is 0. The predicted octanol–water partition coefficient (Wildman–Crippen LogP) is 4.05. The highest BCUT2D eigenvalue weighted by Gasteiger charge is 2.27. The van der Waals surface area contributed by atoms with Crippen LogP contribution in [0.1, 0.15) is 63.8 Å². The van der Waals surface area contributed by atoms with E-state index in [4.69, 9.17) is 23.2 Å². The second kappa shape index (κ2) is 5.87. The van der Waals surface area contributed by atoms with E-state index < -0.39 is 0 Å². The van der Waals surface area contributed by atoms with E-state index in [0.29, 0.717) is 11.4 Å². The van der Waals surface area contributed by atoms with Crippen LogP contribution in [0, 0.1) is 5.21 Å². The molecule has 1 aromatic heterocycles. The lowest BCUT2D eigenvalue weighted by atomic mass is 10.0. The predicted molar refractivity (Wildman–Crippen MR) is 70.6 cm³/mol. The Morgan fingerprint density at radius 1 is 1.18 bits per heavy atom. The number of aromatic nitrogens is 2. The molecule has 0 N–H and O–H groups in total. The standard InChI is InChI=1S/C12H18Cl2N2O/c1-5-7(3)9-12(14)16(17)10(8(4)6-2)11(13)15-9/h7-8H,5-6H2,1-4H3/t7-,8-/m0/s1. The molecule has 0 spiro atoms. The average Bonchev–Trinajstić information content (AvgIpc) is 2.32. The highest BCUT2D eigenvalue weighted by molar-refractivity contribution is 6.31. The van der Waals surface area contributed by atoms with E-state index >= 15 is 0 Å². The smallest absolute Gasteiger partial charge is 0.308 e. The van der Waals surface area contributed by atoms with Crippen LogP contribution in [0.2, 0.25) is 10.3 Å². The third kappa shape index (κ3) is 2.83.